The van der Waals surface area contributed by atoms with Gasteiger partial charge in [0, 0.05) is 12.1 Å². The molecule has 0 saturated heterocycles. The van der Waals surface area contributed by atoms with Gasteiger partial charge in [-0.05, 0) is 38.0 Å². The number of hydrogen-bond acceptors (Lipinski definition) is 1. The number of nitrogens with one attached hydrogen (secondary N) is 1. The monoisotopic (exact) mass is 153 g/mol. The lowest BCUT2D eigenvalue weighted by Gasteiger charge is -2.29. The van der Waals surface area contributed by atoms with E-state index in [1.165, 1.54) is 38.5 Å². The van der Waals surface area contributed by atoms with Gasteiger partial charge < -0.3 is 5.32 Å². The van der Waals surface area contributed by atoms with E-state index in [2.05, 4.69) is 12.2 Å². The lowest BCUT2D eigenvalue weighted by Crippen LogP contribution is -2.41. The van der Waals surface area contributed by atoms with Crippen molar-refractivity contribution in [3.63, 3.8) is 0 Å². The van der Waals surface area contributed by atoms with Crippen LogP contribution in [0.4, 0.5) is 0 Å². The summed E-state index contributed by atoms with van der Waals surface area (Å²) in [7, 11) is 0. The fourth-order valence-electron chi connectivity index (χ4n) is 2.27. The van der Waals surface area contributed by atoms with Crippen LogP contribution in [0.2, 0.25) is 0 Å². The Kier molecular flexibility index (Phi) is 2.17. The van der Waals surface area contributed by atoms with E-state index < -0.39 is 0 Å². The van der Waals surface area contributed by atoms with Crippen LogP contribution in [-0.2, 0) is 0 Å². The van der Waals surface area contributed by atoms with Crippen LogP contribution < -0.4 is 5.32 Å². The second-order valence-corrected chi connectivity index (χ2v) is 4.41. The van der Waals surface area contributed by atoms with Crippen molar-refractivity contribution in [1.82, 2.24) is 5.32 Å². The summed E-state index contributed by atoms with van der Waals surface area (Å²) in [5.41, 5.74) is 0. The lowest BCUT2D eigenvalue weighted by molar-refractivity contribution is 0.302. The van der Waals surface area contributed by atoms with Gasteiger partial charge in [0.1, 0.15) is 0 Å². The average molecular weight is 153 g/mol. The van der Waals surface area contributed by atoms with Crippen LogP contribution in [0.25, 0.3) is 0 Å². The van der Waals surface area contributed by atoms with Gasteiger partial charge in [-0.2, -0.15) is 0 Å². The Morgan fingerprint density at radius 3 is 2.27 bits per heavy atom. The highest BCUT2D eigenvalue weighted by molar-refractivity contribution is 4.85. The molecule has 1 nitrogen and oxygen atoms in total. The Hall–Kier alpha value is -0.0400. The van der Waals surface area contributed by atoms with Gasteiger partial charge in [-0.1, -0.05) is 13.3 Å². The summed E-state index contributed by atoms with van der Waals surface area (Å²) in [6.07, 6.45) is 8.63. The van der Waals surface area contributed by atoms with E-state index >= 15 is 0 Å². The zero-order valence-corrected chi connectivity index (χ0v) is 7.47. The van der Waals surface area contributed by atoms with E-state index in [1.807, 2.05) is 0 Å². The molecule has 2 fully saturated rings. The molecule has 0 aliphatic heterocycles. The third kappa shape index (κ3) is 1.76. The fourth-order valence-corrected chi connectivity index (χ4v) is 2.27. The molecule has 2 rings (SSSR count). The van der Waals surface area contributed by atoms with Gasteiger partial charge in [0.05, 0.1) is 0 Å². The van der Waals surface area contributed by atoms with Crippen molar-refractivity contribution in [1.29, 1.82) is 0 Å². The van der Waals surface area contributed by atoms with Crippen molar-refractivity contribution < 1.29 is 0 Å². The standard InChI is InChI=1S/C10H19N/c1-8-5-6-10(7-8)11-9-3-2-4-9/h8-11H,2-7H2,1H3. The minimum absolute atomic E-state index is 0.871. The summed E-state index contributed by atoms with van der Waals surface area (Å²) in [6.45, 7) is 2.38. The summed E-state index contributed by atoms with van der Waals surface area (Å²) in [4.78, 5) is 0. The molecule has 2 aliphatic carbocycles. The number of rotatable bonds is 2. The van der Waals surface area contributed by atoms with Gasteiger partial charge in [0.2, 0.25) is 0 Å². The van der Waals surface area contributed by atoms with E-state index in [9.17, 15) is 0 Å². The maximum atomic E-state index is 3.75. The largest absolute Gasteiger partial charge is 0.311 e. The Balaban J connectivity index is 1.70. The molecule has 0 amide bonds. The van der Waals surface area contributed by atoms with Crippen molar-refractivity contribution in [2.75, 3.05) is 0 Å². The maximum absolute atomic E-state index is 3.75. The first kappa shape index (κ1) is 7.60. The molecule has 2 saturated carbocycles. The summed E-state index contributed by atoms with van der Waals surface area (Å²) in [5, 5.41) is 3.75. The van der Waals surface area contributed by atoms with Crippen LogP contribution in [-0.4, -0.2) is 12.1 Å². The van der Waals surface area contributed by atoms with Crippen molar-refractivity contribution in [3.8, 4) is 0 Å². The highest BCUT2D eigenvalue weighted by atomic mass is 15.0. The van der Waals surface area contributed by atoms with Gasteiger partial charge in [-0.3, -0.25) is 0 Å². The Bertz CT molecular complexity index is 129. The third-order valence-corrected chi connectivity index (χ3v) is 3.27. The van der Waals surface area contributed by atoms with Crippen LogP contribution in [0.1, 0.15) is 45.4 Å². The Morgan fingerprint density at radius 1 is 1.00 bits per heavy atom. The first-order valence-corrected chi connectivity index (χ1v) is 5.10. The summed E-state index contributed by atoms with van der Waals surface area (Å²) >= 11 is 0. The van der Waals surface area contributed by atoms with Crippen LogP contribution in [0.5, 0.6) is 0 Å². The van der Waals surface area contributed by atoms with Crippen LogP contribution in [0.3, 0.4) is 0 Å². The summed E-state index contributed by atoms with van der Waals surface area (Å²) in [5.74, 6) is 0.979. The van der Waals surface area contributed by atoms with E-state index in [-0.39, 0.29) is 0 Å². The van der Waals surface area contributed by atoms with Gasteiger partial charge in [0.15, 0.2) is 0 Å². The maximum Gasteiger partial charge on any atom is 0.00722 e. The zero-order chi connectivity index (χ0) is 7.68. The minimum atomic E-state index is 0.871. The summed E-state index contributed by atoms with van der Waals surface area (Å²) < 4.78 is 0. The predicted molar refractivity (Wildman–Crippen MR) is 47.6 cm³/mol. The lowest BCUT2D eigenvalue weighted by atomic mass is 9.92. The molecule has 64 valence electrons. The molecule has 0 heterocycles. The Morgan fingerprint density at radius 2 is 1.82 bits per heavy atom. The molecule has 0 radical (unpaired) electrons. The van der Waals surface area contributed by atoms with E-state index in [1.54, 1.807) is 0 Å². The van der Waals surface area contributed by atoms with Crippen molar-refractivity contribution >= 4 is 0 Å². The second-order valence-electron chi connectivity index (χ2n) is 4.41. The molecule has 11 heavy (non-hydrogen) atoms. The van der Waals surface area contributed by atoms with Gasteiger partial charge in [-0.15, -0.1) is 0 Å². The second kappa shape index (κ2) is 3.14. The molecule has 2 atom stereocenters. The molecule has 0 aromatic carbocycles. The smallest absolute Gasteiger partial charge is 0.00722 e. The highest BCUT2D eigenvalue weighted by Gasteiger charge is 2.25. The first-order chi connectivity index (χ1) is 5.34. The molecule has 0 bridgehead atoms. The van der Waals surface area contributed by atoms with Crippen molar-refractivity contribution in [2.24, 2.45) is 5.92 Å². The van der Waals surface area contributed by atoms with Gasteiger partial charge in [-0.25, -0.2) is 0 Å². The summed E-state index contributed by atoms with van der Waals surface area (Å²) in [6, 6.07) is 1.76. The molecule has 2 unspecified atom stereocenters. The topological polar surface area (TPSA) is 12.0 Å². The highest BCUT2D eigenvalue weighted by Crippen LogP contribution is 2.27. The molecule has 0 aromatic heterocycles. The number of hydrogen-bond donors (Lipinski definition) is 1. The average Bonchev–Trinajstić information content (AvgIpc) is 2.27. The van der Waals surface area contributed by atoms with Gasteiger partial charge >= 0.3 is 0 Å². The Labute approximate surface area is 69.6 Å². The van der Waals surface area contributed by atoms with E-state index in [0.717, 1.165) is 18.0 Å². The molecule has 0 spiro atoms. The van der Waals surface area contributed by atoms with E-state index in [0.29, 0.717) is 0 Å². The van der Waals surface area contributed by atoms with E-state index in [4.69, 9.17) is 0 Å². The molecule has 2 aliphatic rings. The van der Waals surface area contributed by atoms with Gasteiger partial charge in [0.25, 0.3) is 0 Å². The quantitative estimate of drug-likeness (QED) is 0.642. The molecule has 1 N–H and O–H groups in total. The predicted octanol–water partition coefficient (Wildman–Crippen LogP) is 2.32. The van der Waals surface area contributed by atoms with Crippen molar-refractivity contribution in [2.45, 2.75) is 57.5 Å². The molecule has 1 heteroatoms. The first-order valence-electron chi connectivity index (χ1n) is 5.10. The normalized spacial score (nSPS) is 39.0. The SMILES string of the molecule is CC1CCC(NC2CCC2)C1. The fraction of sp³-hybridized carbons (Fsp3) is 1.00. The van der Waals surface area contributed by atoms with Crippen LogP contribution in [0, 0.1) is 5.92 Å². The zero-order valence-electron chi connectivity index (χ0n) is 7.47. The molecular weight excluding hydrogens is 134 g/mol. The minimum Gasteiger partial charge on any atom is -0.311 e. The van der Waals surface area contributed by atoms with Crippen LogP contribution >= 0.6 is 0 Å². The third-order valence-electron chi connectivity index (χ3n) is 3.27. The molecule has 0 aromatic rings. The molecular formula is C10H19N. The van der Waals surface area contributed by atoms with Crippen LogP contribution in [0.15, 0.2) is 0 Å². The van der Waals surface area contributed by atoms with Crippen molar-refractivity contribution in [3.05, 3.63) is 0 Å².